The third-order valence-electron chi connectivity index (χ3n) is 4.29. The zero-order valence-corrected chi connectivity index (χ0v) is 16.7. The molecule has 0 unspecified atom stereocenters. The Bertz CT molecular complexity index is 840. The highest BCUT2D eigenvalue weighted by Gasteiger charge is 2.03. The van der Waals surface area contributed by atoms with Crippen LogP contribution in [0.3, 0.4) is 0 Å². The van der Waals surface area contributed by atoms with E-state index in [1.54, 1.807) is 25.5 Å². The molecule has 0 bridgehead atoms. The summed E-state index contributed by atoms with van der Waals surface area (Å²) in [6.07, 6.45) is 2.95. The Labute approximate surface area is 164 Å². The van der Waals surface area contributed by atoms with Crippen LogP contribution in [0.1, 0.15) is 17.0 Å². The largest absolute Gasteiger partial charge is 0.497 e. The molecule has 0 aliphatic carbocycles. The van der Waals surface area contributed by atoms with Crippen LogP contribution in [0.2, 0.25) is 0 Å². The third kappa shape index (κ3) is 5.69. The normalized spacial score (nSPS) is 11.6. The van der Waals surface area contributed by atoms with Crippen LogP contribution in [0, 0.1) is 0 Å². The predicted molar refractivity (Wildman–Crippen MR) is 114 cm³/mol. The first-order valence-electron chi connectivity index (χ1n) is 9.20. The van der Waals surface area contributed by atoms with Gasteiger partial charge in [0.1, 0.15) is 5.75 Å². The first-order chi connectivity index (χ1) is 13.3. The molecule has 0 radical (unpaired) electrons. The molecule has 0 atom stereocenters. The average molecular weight is 383 g/mol. The van der Waals surface area contributed by atoms with E-state index >= 15 is 0 Å². The molecule has 0 saturated carbocycles. The molecular formula is C21H26N4OS. The maximum Gasteiger partial charge on any atom is 0.190 e. The van der Waals surface area contributed by atoms with Gasteiger partial charge in [-0.2, -0.15) is 0 Å². The van der Waals surface area contributed by atoms with E-state index in [2.05, 4.69) is 50.9 Å². The van der Waals surface area contributed by atoms with Gasteiger partial charge in [-0.3, -0.25) is 4.99 Å². The first-order valence-corrected chi connectivity index (χ1v) is 10.0. The third-order valence-corrected chi connectivity index (χ3v) is 5.38. The number of hydrogen-bond donors (Lipinski definition) is 2. The number of aromatic nitrogens is 1. The van der Waals surface area contributed by atoms with E-state index < -0.39 is 0 Å². The summed E-state index contributed by atoms with van der Waals surface area (Å²) in [4.78, 5) is 8.97. The molecule has 6 heteroatoms. The van der Waals surface area contributed by atoms with Crippen molar-refractivity contribution in [3.8, 4) is 5.75 Å². The van der Waals surface area contributed by atoms with Crippen molar-refractivity contribution in [2.24, 2.45) is 4.99 Å². The second-order valence-electron chi connectivity index (χ2n) is 6.20. The minimum atomic E-state index is 0.837. The van der Waals surface area contributed by atoms with Crippen LogP contribution in [0.25, 0.3) is 10.2 Å². The van der Waals surface area contributed by atoms with Gasteiger partial charge in [-0.15, -0.1) is 11.3 Å². The van der Waals surface area contributed by atoms with E-state index in [-0.39, 0.29) is 0 Å². The van der Waals surface area contributed by atoms with Crippen LogP contribution in [0.5, 0.6) is 5.75 Å². The monoisotopic (exact) mass is 382 g/mol. The number of ether oxygens (including phenoxy) is 1. The van der Waals surface area contributed by atoms with Crippen molar-refractivity contribution in [1.29, 1.82) is 0 Å². The summed E-state index contributed by atoms with van der Waals surface area (Å²) >= 11 is 1.78. The number of nitrogens with zero attached hydrogens (tertiary/aromatic N) is 2. The Kier molecular flexibility index (Phi) is 7.04. The fraction of sp³-hybridized carbons (Fsp3) is 0.333. The van der Waals surface area contributed by atoms with Gasteiger partial charge in [-0.05, 0) is 42.7 Å². The summed E-state index contributed by atoms with van der Waals surface area (Å²) in [6, 6.07) is 16.5. The molecule has 0 spiro atoms. The van der Waals surface area contributed by atoms with Gasteiger partial charge in [0.15, 0.2) is 5.96 Å². The Morgan fingerprint density at radius 1 is 1.04 bits per heavy atom. The molecule has 0 fully saturated rings. The number of thiazole rings is 1. The SMILES string of the molecule is CN=C(NCCCc1nc2ccccc2s1)NCCc1ccc(OC)cc1. The summed E-state index contributed by atoms with van der Waals surface area (Å²) < 4.78 is 6.45. The van der Waals surface area contributed by atoms with Gasteiger partial charge in [0, 0.05) is 26.6 Å². The first kappa shape index (κ1) is 19.2. The van der Waals surface area contributed by atoms with Crippen LogP contribution in [-0.4, -0.2) is 38.2 Å². The highest BCUT2D eigenvalue weighted by atomic mass is 32.1. The summed E-state index contributed by atoms with van der Waals surface area (Å²) in [5, 5.41) is 7.93. The highest BCUT2D eigenvalue weighted by molar-refractivity contribution is 7.18. The number of methoxy groups -OCH3 is 1. The number of rotatable bonds is 8. The molecule has 0 amide bonds. The quantitative estimate of drug-likeness (QED) is 0.355. The maximum absolute atomic E-state index is 5.18. The number of fused-ring (bicyclic) bond motifs is 1. The Hall–Kier alpha value is -2.60. The Balaban J connectivity index is 1.36. The van der Waals surface area contributed by atoms with Crippen molar-refractivity contribution in [2.75, 3.05) is 27.2 Å². The topological polar surface area (TPSA) is 58.5 Å². The van der Waals surface area contributed by atoms with Crippen molar-refractivity contribution in [3.05, 3.63) is 59.1 Å². The van der Waals surface area contributed by atoms with Crippen LogP contribution < -0.4 is 15.4 Å². The van der Waals surface area contributed by atoms with Gasteiger partial charge < -0.3 is 15.4 Å². The molecule has 0 aliphatic heterocycles. The number of aryl methyl sites for hydroxylation is 1. The molecule has 142 valence electrons. The van der Waals surface area contributed by atoms with E-state index in [9.17, 15) is 0 Å². The molecular weight excluding hydrogens is 356 g/mol. The van der Waals surface area contributed by atoms with E-state index in [1.807, 2.05) is 18.2 Å². The van der Waals surface area contributed by atoms with Crippen molar-refractivity contribution < 1.29 is 4.74 Å². The fourth-order valence-corrected chi connectivity index (χ4v) is 3.82. The standard InChI is InChI=1S/C21H26N4OS/c1-22-21(24-15-13-16-9-11-17(26-2)12-10-16)23-14-5-8-20-25-18-6-3-4-7-19(18)27-20/h3-4,6-7,9-12H,5,8,13-15H2,1-2H3,(H2,22,23,24). The zero-order chi connectivity index (χ0) is 18.9. The minimum absolute atomic E-state index is 0.837. The van der Waals surface area contributed by atoms with Crippen molar-refractivity contribution in [2.45, 2.75) is 19.3 Å². The van der Waals surface area contributed by atoms with Crippen molar-refractivity contribution in [1.82, 2.24) is 15.6 Å². The average Bonchev–Trinajstić information content (AvgIpc) is 3.13. The molecule has 1 heterocycles. The molecule has 3 rings (SSSR count). The van der Waals surface area contributed by atoms with Crippen LogP contribution in [-0.2, 0) is 12.8 Å². The lowest BCUT2D eigenvalue weighted by molar-refractivity contribution is 0.414. The van der Waals surface area contributed by atoms with Gasteiger partial charge in [0.25, 0.3) is 0 Å². The molecule has 2 N–H and O–H groups in total. The fourth-order valence-electron chi connectivity index (χ4n) is 2.81. The Morgan fingerprint density at radius 2 is 1.81 bits per heavy atom. The molecule has 5 nitrogen and oxygen atoms in total. The summed E-state index contributed by atoms with van der Waals surface area (Å²) in [7, 11) is 3.49. The molecule has 27 heavy (non-hydrogen) atoms. The van der Waals surface area contributed by atoms with Crippen molar-refractivity contribution in [3.63, 3.8) is 0 Å². The zero-order valence-electron chi connectivity index (χ0n) is 15.9. The van der Waals surface area contributed by atoms with E-state index in [0.29, 0.717) is 0 Å². The summed E-state index contributed by atoms with van der Waals surface area (Å²) in [6.45, 7) is 1.71. The predicted octanol–water partition coefficient (Wildman–Crippen LogP) is 3.65. The number of hydrogen-bond acceptors (Lipinski definition) is 4. The summed E-state index contributed by atoms with van der Waals surface area (Å²) in [5.41, 5.74) is 2.37. The van der Waals surface area contributed by atoms with Crippen molar-refractivity contribution >= 4 is 27.5 Å². The number of nitrogens with one attached hydrogen (secondary N) is 2. The van der Waals surface area contributed by atoms with Gasteiger partial charge >= 0.3 is 0 Å². The second-order valence-corrected chi connectivity index (χ2v) is 7.32. The van der Waals surface area contributed by atoms with Gasteiger partial charge in [0.2, 0.25) is 0 Å². The number of benzene rings is 2. The molecule has 3 aromatic rings. The molecule has 0 saturated heterocycles. The van der Waals surface area contributed by atoms with Gasteiger partial charge in [0.05, 0.1) is 22.3 Å². The summed E-state index contributed by atoms with van der Waals surface area (Å²) in [5.74, 6) is 1.73. The molecule has 1 aromatic heterocycles. The van der Waals surface area contributed by atoms with Crippen LogP contribution in [0.4, 0.5) is 0 Å². The maximum atomic E-state index is 5.18. The van der Waals surface area contributed by atoms with Gasteiger partial charge in [-0.25, -0.2) is 4.98 Å². The molecule has 0 aliphatic rings. The second kappa shape index (κ2) is 9.92. The van der Waals surface area contributed by atoms with Crippen LogP contribution >= 0.6 is 11.3 Å². The number of guanidine groups is 1. The molecule has 2 aromatic carbocycles. The Morgan fingerprint density at radius 3 is 2.56 bits per heavy atom. The smallest absolute Gasteiger partial charge is 0.190 e. The number of para-hydroxylation sites is 1. The minimum Gasteiger partial charge on any atom is -0.497 e. The van der Waals surface area contributed by atoms with Crippen LogP contribution in [0.15, 0.2) is 53.5 Å². The lowest BCUT2D eigenvalue weighted by atomic mass is 10.1. The van der Waals surface area contributed by atoms with E-state index in [1.165, 1.54) is 15.3 Å². The van der Waals surface area contributed by atoms with E-state index in [0.717, 1.165) is 49.6 Å². The van der Waals surface area contributed by atoms with E-state index in [4.69, 9.17) is 4.74 Å². The lowest BCUT2D eigenvalue weighted by Gasteiger charge is -2.11. The lowest BCUT2D eigenvalue weighted by Crippen LogP contribution is -2.38. The number of aliphatic imine (C=N–C) groups is 1. The van der Waals surface area contributed by atoms with Gasteiger partial charge in [-0.1, -0.05) is 24.3 Å². The highest BCUT2D eigenvalue weighted by Crippen LogP contribution is 2.22.